The first-order valence-electron chi connectivity index (χ1n) is 5.48. The Kier molecular flexibility index (Phi) is 3.67. The summed E-state index contributed by atoms with van der Waals surface area (Å²) in [4.78, 5) is 8.24. The van der Waals surface area contributed by atoms with E-state index in [4.69, 9.17) is 4.74 Å². The van der Waals surface area contributed by atoms with Crippen molar-refractivity contribution in [2.24, 2.45) is 0 Å². The first-order valence-corrected chi connectivity index (χ1v) is 5.48. The van der Waals surface area contributed by atoms with E-state index in [0.29, 0.717) is 6.01 Å². The van der Waals surface area contributed by atoms with Crippen molar-refractivity contribution in [2.75, 3.05) is 7.05 Å². The predicted octanol–water partition coefficient (Wildman–Crippen LogP) is 2.30. The molecule has 2 rings (SSSR count). The highest BCUT2D eigenvalue weighted by molar-refractivity contribution is 5.35. The lowest BCUT2D eigenvalue weighted by Gasteiger charge is -2.09. The minimum absolute atomic E-state index is 0.374. The van der Waals surface area contributed by atoms with Crippen molar-refractivity contribution >= 4 is 0 Å². The molecule has 0 bridgehead atoms. The SMILES string of the molecule is CNCc1ccccc1Oc1ncc(C)cn1. The Hall–Kier alpha value is -1.94. The molecule has 17 heavy (non-hydrogen) atoms. The van der Waals surface area contributed by atoms with Gasteiger partial charge in [-0.25, -0.2) is 9.97 Å². The molecule has 0 fully saturated rings. The lowest BCUT2D eigenvalue weighted by atomic mass is 10.2. The molecule has 1 aromatic heterocycles. The van der Waals surface area contributed by atoms with E-state index in [9.17, 15) is 0 Å². The van der Waals surface area contributed by atoms with Gasteiger partial charge in [0.25, 0.3) is 0 Å². The Morgan fingerprint density at radius 2 is 1.88 bits per heavy atom. The Morgan fingerprint density at radius 3 is 2.59 bits per heavy atom. The molecule has 1 aromatic carbocycles. The predicted molar refractivity (Wildman–Crippen MR) is 66.0 cm³/mol. The van der Waals surface area contributed by atoms with Crippen LogP contribution in [0.15, 0.2) is 36.7 Å². The van der Waals surface area contributed by atoms with Crippen LogP contribution in [-0.2, 0) is 6.54 Å². The molecule has 0 radical (unpaired) electrons. The molecule has 0 amide bonds. The number of aromatic nitrogens is 2. The quantitative estimate of drug-likeness (QED) is 0.873. The normalized spacial score (nSPS) is 10.2. The molecule has 2 aromatic rings. The van der Waals surface area contributed by atoms with Gasteiger partial charge in [0.1, 0.15) is 5.75 Å². The van der Waals surface area contributed by atoms with Gasteiger partial charge in [0.2, 0.25) is 0 Å². The number of ether oxygens (including phenoxy) is 1. The largest absolute Gasteiger partial charge is 0.424 e. The van der Waals surface area contributed by atoms with Gasteiger partial charge in [-0.1, -0.05) is 18.2 Å². The van der Waals surface area contributed by atoms with Gasteiger partial charge in [0.05, 0.1) is 0 Å². The summed E-state index contributed by atoms with van der Waals surface area (Å²) in [5.41, 5.74) is 2.10. The molecule has 0 saturated carbocycles. The van der Waals surface area contributed by atoms with Crippen LogP contribution in [-0.4, -0.2) is 17.0 Å². The first-order chi connectivity index (χ1) is 8.29. The molecular weight excluding hydrogens is 214 g/mol. The highest BCUT2D eigenvalue weighted by atomic mass is 16.5. The summed E-state index contributed by atoms with van der Waals surface area (Å²) >= 11 is 0. The van der Waals surface area contributed by atoms with Gasteiger partial charge in [0, 0.05) is 24.5 Å². The van der Waals surface area contributed by atoms with Gasteiger partial charge < -0.3 is 10.1 Å². The summed E-state index contributed by atoms with van der Waals surface area (Å²) in [7, 11) is 1.90. The average Bonchev–Trinajstić information content (AvgIpc) is 2.35. The second kappa shape index (κ2) is 5.41. The van der Waals surface area contributed by atoms with Crippen molar-refractivity contribution in [3.05, 3.63) is 47.8 Å². The molecule has 4 heteroatoms. The van der Waals surface area contributed by atoms with E-state index in [1.165, 1.54) is 0 Å². The Labute approximate surface area is 101 Å². The second-order valence-corrected chi connectivity index (χ2v) is 3.78. The number of rotatable bonds is 4. The van der Waals surface area contributed by atoms with Crippen LogP contribution in [0.2, 0.25) is 0 Å². The molecule has 88 valence electrons. The molecule has 0 atom stereocenters. The van der Waals surface area contributed by atoms with Crippen molar-refractivity contribution in [1.82, 2.24) is 15.3 Å². The van der Waals surface area contributed by atoms with Gasteiger partial charge in [-0.2, -0.15) is 0 Å². The van der Waals surface area contributed by atoms with Crippen molar-refractivity contribution < 1.29 is 4.74 Å². The maximum absolute atomic E-state index is 5.65. The lowest BCUT2D eigenvalue weighted by Crippen LogP contribution is -2.06. The molecule has 0 aliphatic heterocycles. The molecule has 0 unspecified atom stereocenters. The zero-order valence-electron chi connectivity index (χ0n) is 9.97. The van der Waals surface area contributed by atoms with E-state index in [1.54, 1.807) is 12.4 Å². The number of benzene rings is 1. The zero-order chi connectivity index (χ0) is 12.1. The van der Waals surface area contributed by atoms with Gasteiger partial charge >= 0.3 is 6.01 Å². The smallest absolute Gasteiger partial charge is 0.321 e. The van der Waals surface area contributed by atoms with Crippen molar-refractivity contribution in [1.29, 1.82) is 0 Å². The number of nitrogens with zero attached hydrogens (tertiary/aromatic N) is 2. The Bertz CT molecular complexity index is 482. The van der Waals surface area contributed by atoms with Crippen LogP contribution in [0.4, 0.5) is 0 Å². The summed E-state index contributed by atoms with van der Waals surface area (Å²) in [6.45, 7) is 2.70. The van der Waals surface area contributed by atoms with Gasteiger partial charge in [0.15, 0.2) is 0 Å². The monoisotopic (exact) mass is 229 g/mol. The second-order valence-electron chi connectivity index (χ2n) is 3.78. The standard InChI is InChI=1S/C13H15N3O/c1-10-7-15-13(16-8-10)17-12-6-4-3-5-11(12)9-14-2/h3-8,14H,9H2,1-2H3. The lowest BCUT2D eigenvalue weighted by molar-refractivity contribution is 0.435. The van der Waals surface area contributed by atoms with E-state index >= 15 is 0 Å². The highest BCUT2D eigenvalue weighted by Crippen LogP contribution is 2.22. The molecule has 0 aliphatic rings. The van der Waals surface area contributed by atoms with E-state index in [0.717, 1.165) is 23.4 Å². The Balaban J connectivity index is 2.20. The fraction of sp³-hybridized carbons (Fsp3) is 0.231. The van der Waals surface area contributed by atoms with Crippen LogP contribution >= 0.6 is 0 Å². The summed E-state index contributed by atoms with van der Waals surface area (Å²) in [5.74, 6) is 0.783. The van der Waals surface area contributed by atoms with Crippen LogP contribution in [0.1, 0.15) is 11.1 Å². The van der Waals surface area contributed by atoms with Crippen LogP contribution < -0.4 is 10.1 Å². The summed E-state index contributed by atoms with van der Waals surface area (Å²) in [5, 5.41) is 3.10. The molecule has 1 N–H and O–H groups in total. The molecular formula is C13H15N3O. The van der Waals surface area contributed by atoms with Gasteiger partial charge in [-0.05, 0) is 25.6 Å². The third-order valence-electron chi connectivity index (χ3n) is 2.30. The average molecular weight is 229 g/mol. The van der Waals surface area contributed by atoms with Crippen LogP contribution in [0.25, 0.3) is 0 Å². The summed E-state index contributed by atoms with van der Waals surface area (Å²) in [6, 6.07) is 8.22. The topological polar surface area (TPSA) is 47.0 Å². The zero-order valence-corrected chi connectivity index (χ0v) is 9.97. The van der Waals surface area contributed by atoms with Gasteiger partial charge in [-0.3, -0.25) is 0 Å². The number of nitrogens with one attached hydrogen (secondary N) is 1. The molecule has 0 spiro atoms. The minimum Gasteiger partial charge on any atom is -0.424 e. The molecule has 0 saturated heterocycles. The summed E-state index contributed by atoms with van der Waals surface area (Å²) < 4.78 is 5.65. The fourth-order valence-corrected chi connectivity index (χ4v) is 1.47. The number of hydrogen-bond acceptors (Lipinski definition) is 4. The van der Waals surface area contributed by atoms with Crippen molar-refractivity contribution in [3.63, 3.8) is 0 Å². The van der Waals surface area contributed by atoms with E-state index in [2.05, 4.69) is 15.3 Å². The van der Waals surface area contributed by atoms with E-state index < -0.39 is 0 Å². The fourth-order valence-electron chi connectivity index (χ4n) is 1.47. The molecule has 1 heterocycles. The minimum atomic E-state index is 0.374. The van der Waals surface area contributed by atoms with Crippen LogP contribution in [0, 0.1) is 6.92 Å². The van der Waals surface area contributed by atoms with Crippen LogP contribution in [0.5, 0.6) is 11.8 Å². The molecule has 0 aliphatic carbocycles. The van der Waals surface area contributed by atoms with E-state index in [-0.39, 0.29) is 0 Å². The van der Waals surface area contributed by atoms with E-state index in [1.807, 2.05) is 38.2 Å². The third kappa shape index (κ3) is 3.01. The Morgan fingerprint density at radius 1 is 1.18 bits per heavy atom. The van der Waals surface area contributed by atoms with Crippen molar-refractivity contribution in [2.45, 2.75) is 13.5 Å². The van der Waals surface area contributed by atoms with Crippen LogP contribution in [0.3, 0.4) is 0 Å². The number of para-hydroxylation sites is 1. The maximum atomic E-state index is 5.65. The van der Waals surface area contributed by atoms with Crippen molar-refractivity contribution in [3.8, 4) is 11.8 Å². The number of aryl methyl sites for hydroxylation is 1. The summed E-state index contributed by atoms with van der Waals surface area (Å²) in [6.07, 6.45) is 3.48. The molecule has 4 nitrogen and oxygen atoms in total. The highest BCUT2D eigenvalue weighted by Gasteiger charge is 2.04. The maximum Gasteiger partial charge on any atom is 0.321 e. The first kappa shape index (κ1) is 11.5. The number of hydrogen-bond donors (Lipinski definition) is 1. The van der Waals surface area contributed by atoms with Gasteiger partial charge in [-0.15, -0.1) is 0 Å². The third-order valence-corrected chi connectivity index (χ3v) is 2.30.